The molecule has 0 radical (unpaired) electrons. The van der Waals surface area contributed by atoms with E-state index in [1.807, 2.05) is 0 Å². The minimum atomic E-state index is -0.569. The molecule has 19 heavy (non-hydrogen) atoms. The molecule has 1 atom stereocenters. The molecule has 1 aromatic rings. The molecule has 6 heteroatoms. The average Bonchev–Trinajstić information content (AvgIpc) is 2.41. The van der Waals surface area contributed by atoms with E-state index >= 15 is 0 Å². The zero-order chi connectivity index (χ0) is 13.8. The average molecular weight is 265 g/mol. The van der Waals surface area contributed by atoms with Gasteiger partial charge in [-0.1, -0.05) is 0 Å². The maximum absolute atomic E-state index is 11.7. The van der Waals surface area contributed by atoms with E-state index in [-0.39, 0.29) is 17.2 Å². The molecule has 102 valence electrons. The molecular formula is C13H15NO5. The van der Waals surface area contributed by atoms with Crippen molar-refractivity contribution in [2.45, 2.75) is 31.8 Å². The SMILES string of the molecule is COc1ccc(O[C@H]2CCCCC2=O)c([N+](=O)[O-])c1. The first kappa shape index (κ1) is 13.3. The number of carbonyl (C=O) groups is 1. The van der Waals surface area contributed by atoms with Crippen molar-refractivity contribution in [2.75, 3.05) is 7.11 Å². The summed E-state index contributed by atoms with van der Waals surface area (Å²) in [6, 6.07) is 4.34. The normalized spacial score (nSPS) is 19.0. The lowest BCUT2D eigenvalue weighted by molar-refractivity contribution is -0.386. The van der Waals surface area contributed by atoms with Crippen molar-refractivity contribution in [3.8, 4) is 11.5 Å². The minimum Gasteiger partial charge on any atom is -0.496 e. The van der Waals surface area contributed by atoms with Crippen LogP contribution in [0.1, 0.15) is 25.7 Å². The van der Waals surface area contributed by atoms with Gasteiger partial charge in [0.05, 0.1) is 18.1 Å². The molecule has 0 aliphatic heterocycles. The molecule has 1 aliphatic rings. The van der Waals surface area contributed by atoms with Crippen molar-refractivity contribution < 1.29 is 19.2 Å². The maximum Gasteiger partial charge on any atom is 0.314 e. The van der Waals surface area contributed by atoms with Crippen LogP contribution in [0.2, 0.25) is 0 Å². The van der Waals surface area contributed by atoms with E-state index in [1.54, 1.807) is 6.07 Å². The number of rotatable bonds is 4. The lowest BCUT2D eigenvalue weighted by Gasteiger charge is -2.21. The number of methoxy groups -OCH3 is 1. The molecule has 0 N–H and O–H groups in total. The fraction of sp³-hybridized carbons (Fsp3) is 0.462. The van der Waals surface area contributed by atoms with E-state index in [2.05, 4.69) is 0 Å². The molecule has 0 aromatic heterocycles. The van der Waals surface area contributed by atoms with Crippen molar-refractivity contribution in [3.05, 3.63) is 28.3 Å². The number of hydrogen-bond donors (Lipinski definition) is 0. The first-order valence-corrected chi connectivity index (χ1v) is 6.13. The van der Waals surface area contributed by atoms with Crippen molar-refractivity contribution in [1.29, 1.82) is 0 Å². The van der Waals surface area contributed by atoms with Crippen LogP contribution >= 0.6 is 0 Å². The van der Waals surface area contributed by atoms with Gasteiger partial charge in [-0.3, -0.25) is 14.9 Å². The lowest BCUT2D eigenvalue weighted by atomic mass is 9.96. The Kier molecular flexibility index (Phi) is 3.99. The van der Waals surface area contributed by atoms with E-state index < -0.39 is 11.0 Å². The fourth-order valence-electron chi connectivity index (χ4n) is 2.10. The number of nitrogens with zero attached hydrogens (tertiary/aromatic N) is 1. The monoisotopic (exact) mass is 265 g/mol. The molecule has 0 spiro atoms. The summed E-state index contributed by atoms with van der Waals surface area (Å²) >= 11 is 0. The van der Waals surface area contributed by atoms with Crippen LogP contribution in [0.25, 0.3) is 0 Å². The number of ether oxygens (including phenoxy) is 2. The Hall–Kier alpha value is -2.11. The molecule has 0 unspecified atom stereocenters. The van der Waals surface area contributed by atoms with Crippen LogP contribution in [0.5, 0.6) is 11.5 Å². The summed E-state index contributed by atoms with van der Waals surface area (Å²) in [7, 11) is 1.43. The highest BCUT2D eigenvalue weighted by Crippen LogP contribution is 2.33. The van der Waals surface area contributed by atoms with Crippen LogP contribution in [0.4, 0.5) is 5.69 Å². The Morgan fingerprint density at radius 1 is 1.37 bits per heavy atom. The van der Waals surface area contributed by atoms with Gasteiger partial charge in [-0.2, -0.15) is 0 Å². The van der Waals surface area contributed by atoms with Crippen LogP contribution < -0.4 is 9.47 Å². The second-order valence-corrected chi connectivity index (χ2v) is 4.41. The zero-order valence-corrected chi connectivity index (χ0v) is 10.6. The topological polar surface area (TPSA) is 78.7 Å². The molecule has 1 saturated carbocycles. The molecule has 0 amide bonds. The molecule has 0 saturated heterocycles. The number of nitro benzene ring substituents is 1. The fourth-order valence-corrected chi connectivity index (χ4v) is 2.10. The molecule has 1 aromatic carbocycles. The highest BCUT2D eigenvalue weighted by atomic mass is 16.6. The number of hydrogen-bond acceptors (Lipinski definition) is 5. The summed E-state index contributed by atoms with van der Waals surface area (Å²) in [6.45, 7) is 0. The number of nitro groups is 1. The summed E-state index contributed by atoms with van der Waals surface area (Å²) in [4.78, 5) is 22.1. The van der Waals surface area contributed by atoms with Gasteiger partial charge < -0.3 is 9.47 Å². The number of ketones is 1. The summed E-state index contributed by atoms with van der Waals surface area (Å²) in [6.07, 6.45) is 2.29. The predicted octanol–water partition coefficient (Wildman–Crippen LogP) is 2.49. The van der Waals surface area contributed by atoms with Crippen LogP contribution in [0.3, 0.4) is 0 Å². The third-order valence-electron chi connectivity index (χ3n) is 3.13. The number of carbonyl (C=O) groups excluding carboxylic acids is 1. The van der Waals surface area contributed by atoms with Crippen molar-refractivity contribution in [3.63, 3.8) is 0 Å². The standard InChI is InChI=1S/C13H15NO5/c1-18-9-6-7-12(10(8-9)14(16)17)19-13-5-3-2-4-11(13)15/h6-8,13H,2-5H2,1H3/t13-/m0/s1. The zero-order valence-electron chi connectivity index (χ0n) is 10.6. The highest BCUT2D eigenvalue weighted by Gasteiger charge is 2.27. The van der Waals surface area contributed by atoms with Gasteiger partial charge >= 0.3 is 5.69 Å². The van der Waals surface area contributed by atoms with E-state index in [0.29, 0.717) is 18.6 Å². The van der Waals surface area contributed by atoms with Gasteiger partial charge in [0.25, 0.3) is 0 Å². The van der Waals surface area contributed by atoms with Gasteiger partial charge in [0, 0.05) is 6.42 Å². The van der Waals surface area contributed by atoms with Gasteiger partial charge in [0.1, 0.15) is 5.75 Å². The largest absolute Gasteiger partial charge is 0.496 e. The molecule has 1 aliphatic carbocycles. The number of Topliss-reactive ketones (excluding diaryl/α,β-unsaturated/α-hetero) is 1. The van der Waals surface area contributed by atoms with E-state index in [0.717, 1.165) is 12.8 Å². The van der Waals surface area contributed by atoms with Gasteiger partial charge in [0.2, 0.25) is 0 Å². The first-order valence-electron chi connectivity index (χ1n) is 6.13. The summed E-state index contributed by atoms with van der Waals surface area (Å²) < 4.78 is 10.5. The molecule has 2 rings (SSSR count). The van der Waals surface area contributed by atoms with Gasteiger partial charge in [-0.25, -0.2) is 0 Å². The van der Waals surface area contributed by atoms with Crippen molar-refractivity contribution >= 4 is 11.5 Å². The molecular weight excluding hydrogens is 250 g/mol. The molecule has 0 bridgehead atoms. The second-order valence-electron chi connectivity index (χ2n) is 4.41. The van der Waals surface area contributed by atoms with Gasteiger partial charge in [0.15, 0.2) is 17.6 Å². The first-order chi connectivity index (χ1) is 9.11. The maximum atomic E-state index is 11.7. The third kappa shape index (κ3) is 3.01. The molecule has 6 nitrogen and oxygen atoms in total. The van der Waals surface area contributed by atoms with Gasteiger partial charge in [-0.15, -0.1) is 0 Å². The molecule has 1 fully saturated rings. The van der Waals surface area contributed by atoms with Crippen molar-refractivity contribution in [2.24, 2.45) is 0 Å². The summed E-state index contributed by atoms with van der Waals surface area (Å²) in [5.41, 5.74) is -0.183. The van der Waals surface area contributed by atoms with E-state index in [4.69, 9.17) is 9.47 Å². The third-order valence-corrected chi connectivity index (χ3v) is 3.13. The molecule has 0 heterocycles. The smallest absolute Gasteiger partial charge is 0.314 e. The highest BCUT2D eigenvalue weighted by molar-refractivity contribution is 5.84. The Morgan fingerprint density at radius 3 is 2.79 bits per heavy atom. The Morgan fingerprint density at radius 2 is 2.16 bits per heavy atom. The Bertz CT molecular complexity index is 500. The predicted molar refractivity (Wildman–Crippen MR) is 67.5 cm³/mol. The second kappa shape index (κ2) is 5.69. The summed E-state index contributed by atoms with van der Waals surface area (Å²) in [5, 5.41) is 11.0. The Balaban J connectivity index is 2.23. The van der Waals surface area contributed by atoms with Crippen LogP contribution in [0.15, 0.2) is 18.2 Å². The van der Waals surface area contributed by atoms with E-state index in [9.17, 15) is 14.9 Å². The van der Waals surface area contributed by atoms with Crippen LogP contribution in [-0.4, -0.2) is 23.9 Å². The van der Waals surface area contributed by atoms with Crippen molar-refractivity contribution in [1.82, 2.24) is 0 Å². The quantitative estimate of drug-likeness (QED) is 0.617. The Labute approximate surface area is 110 Å². The minimum absolute atomic E-state index is 0.0105. The van der Waals surface area contributed by atoms with Gasteiger partial charge in [-0.05, 0) is 31.4 Å². The number of benzene rings is 1. The van der Waals surface area contributed by atoms with E-state index in [1.165, 1.54) is 19.2 Å². The van der Waals surface area contributed by atoms with Crippen LogP contribution in [-0.2, 0) is 4.79 Å². The lowest BCUT2D eigenvalue weighted by Crippen LogP contribution is -2.30. The summed E-state index contributed by atoms with van der Waals surface area (Å²) in [5.74, 6) is 0.511. The van der Waals surface area contributed by atoms with Crippen LogP contribution in [0, 0.1) is 10.1 Å².